The molecule has 0 bridgehead atoms. The van der Waals surface area contributed by atoms with Gasteiger partial charge in [0.2, 0.25) is 10.0 Å². The molecule has 1 amide bonds. The summed E-state index contributed by atoms with van der Waals surface area (Å²) in [6.45, 7) is 6.21. The van der Waals surface area contributed by atoms with Gasteiger partial charge in [0.15, 0.2) is 5.82 Å². The molecule has 2 aromatic rings. The van der Waals surface area contributed by atoms with E-state index in [2.05, 4.69) is 31.8 Å². The second-order valence-electron chi connectivity index (χ2n) is 12.0. The average molecular weight is 585 g/mol. The molecule has 4 heterocycles. The van der Waals surface area contributed by atoms with Crippen LogP contribution in [0.3, 0.4) is 0 Å². The lowest BCUT2D eigenvalue weighted by Crippen LogP contribution is -2.42. The van der Waals surface area contributed by atoms with Gasteiger partial charge in [-0.1, -0.05) is 0 Å². The van der Waals surface area contributed by atoms with Crippen LogP contribution in [0.4, 0.5) is 28.6 Å². The number of carbonyl (C=O) groups is 1. The van der Waals surface area contributed by atoms with Crippen LogP contribution < -0.4 is 24.7 Å². The number of pyridine rings is 1. The number of hydrogen-bond donors (Lipinski definition) is 3. The Morgan fingerprint density at radius 1 is 1.12 bits per heavy atom. The van der Waals surface area contributed by atoms with Crippen LogP contribution in [-0.4, -0.2) is 89.3 Å². The predicted octanol–water partition coefficient (Wildman–Crippen LogP) is 2.67. The van der Waals surface area contributed by atoms with Crippen LogP contribution in [-0.2, 0) is 21.2 Å². The molecule has 0 radical (unpaired) electrons. The number of rotatable bonds is 8. The van der Waals surface area contributed by atoms with E-state index in [0.29, 0.717) is 35.6 Å². The first-order valence-corrected chi connectivity index (χ1v) is 16.2. The number of sulfonamides is 1. The maximum absolute atomic E-state index is 13.8. The van der Waals surface area contributed by atoms with Crippen molar-refractivity contribution in [2.24, 2.45) is 5.41 Å². The summed E-state index contributed by atoms with van der Waals surface area (Å²) in [6.07, 6.45) is 5.65. The zero-order chi connectivity index (χ0) is 28.8. The van der Waals surface area contributed by atoms with E-state index in [0.717, 1.165) is 68.2 Å². The average Bonchev–Trinajstić information content (AvgIpc) is 3.59. The van der Waals surface area contributed by atoms with Crippen LogP contribution in [0.25, 0.3) is 0 Å². The molecule has 222 valence electrons. The number of aliphatic hydroxyl groups excluding tert-OH is 1. The fraction of sp³-hybridized carbons (Fsp3) is 0.586. The van der Waals surface area contributed by atoms with Crippen LogP contribution in [0.2, 0.25) is 0 Å². The second-order valence-corrected chi connectivity index (χ2v) is 13.8. The molecule has 12 heteroatoms. The van der Waals surface area contributed by atoms with Crippen LogP contribution in [0, 0.1) is 5.41 Å². The Balaban J connectivity index is 1.30. The summed E-state index contributed by atoms with van der Waals surface area (Å²) in [5.74, 6) is 0.147. The van der Waals surface area contributed by atoms with E-state index in [9.17, 15) is 13.2 Å². The van der Waals surface area contributed by atoms with Gasteiger partial charge in [0.05, 0.1) is 47.8 Å². The van der Waals surface area contributed by atoms with Crippen molar-refractivity contribution in [3.05, 3.63) is 35.5 Å². The lowest BCUT2D eigenvalue weighted by Gasteiger charge is -2.35. The van der Waals surface area contributed by atoms with E-state index in [1.807, 2.05) is 13.0 Å². The minimum atomic E-state index is -3.68. The zero-order valence-electron chi connectivity index (χ0n) is 23.9. The number of aromatic nitrogens is 1. The number of aliphatic hydroxyl groups is 1. The predicted molar refractivity (Wildman–Crippen MR) is 161 cm³/mol. The van der Waals surface area contributed by atoms with Crippen molar-refractivity contribution < 1.29 is 23.1 Å². The highest BCUT2D eigenvalue weighted by molar-refractivity contribution is 7.92. The van der Waals surface area contributed by atoms with Crippen molar-refractivity contribution in [1.29, 1.82) is 0 Å². The van der Waals surface area contributed by atoms with Crippen molar-refractivity contribution in [3.8, 4) is 0 Å². The van der Waals surface area contributed by atoms with Gasteiger partial charge in [-0.05, 0) is 74.3 Å². The van der Waals surface area contributed by atoms with Crippen molar-refractivity contribution in [2.45, 2.75) is 45.1 Å². The van der Waals surface area contributed by atoms with Gasteiger partial charge in [0, 0.05) is 39.8 Å². The van der Waals surface area contributed by atoms with Gasteiger partial charge in [-0.2, -0.15) is 0 Å². The van der Waals surface area contributed by atoms with Gasteiger partial charge >= 0.3 is 0 Å². The van der Waals surface area contributed by atoms with Crippen LogP contribution in [0.5, 0.6) is 0 Å². The summed E-state index contributed by atoms with van der Waals surface area (Å²) in [5.41, 5.74) is 4.83. The molecule has 1 spiro atoms. The molecule has 3 fully saturated rings. The molecule has 11 nitrogen and oxygen atoms in total. The van der Waals surface area contributed by atoms with E-state index in [1.54, 1.807) is 18.2 Å². The Hall–Kier alpha value is -3.09. The maximum atomic E-state index is 13.8. The number of piperidine rings is 1. The lowest BCUT2D eigenvalue weighted by atomic mass is 9.93. The molecule has 3 aliphatic heterocycles. The Morgan fingerprint density at radius 3 is 2.61 bits per heavy atom. The molecule has 1 atom stereocenters. The van der Waals surface area contributed by atoms with Gasteiger partial charge in [0.1, 0.15) is 5.69 Å². The van der Waals surface area contributed by atoms with Crippen LogP contribution >= 0.6 is 0 Å². The number of benzene rings is 1. The third kappa shape index (κ3) is 5.96. The number of ether oxygens (including phenoxy) is 1. The number of nitrogens with one attached hydrogen (secondary N) is 2. The van der Waals surface area contributed by atoms with Gasteiger partial charge in [-0.3, -0.25) is 9.52 Å². The number of hydrogen-bond acceptors (Lipinski definition) is 9. The third-order valence-electron chi connectivity index (χ3n) is 8.93. The molecular weight excluding hydrogens is 544 g/mol. The summed E-state index contributed by atoms with van der Waals surface area (Å²) in [4.78, 5) is 25.3. The quantitative estimate of drug-likeness (QED) is 0.429. The molecule has 1 aromatic carbocycles. The number of morpholine rings is 1. The van der Waals surface area contributed by atoms with Gasteiger partial charge < -0.3 is 29.9 Å². The number of nitrogens with zero attached hydrogens (tertiary/aromatic N) is 4. The van der Waals surface area contributed by atoms with E-state index < -0.39 is 16.6 Å². The number of fused-ring (bicyclic) bond motifs is 1. The molecule has 1 aliphatic carbocycles. The van der Waals surface area contributed by atoms with E-state index in [4.69, 9.17) is 14.8 Å². The Labute approximate surface area is 241 Å². The summed E-state index contributed by atoms with van der Waals surface area (Å²) in [7, 11) is -1.62. The zero-order valence-corrected chi connectivity index (χ0v) is 24.7. The third-order valence-corrected chi connectivity index (χ3v) is 10.2. The monoisotopic (exact) mass is 584 g/mol. The Morgan fingerprint density at radius 2 is 1.90 bits per heavy atom. The van der Waals surface area contributed by atoms with Gasteiger partial charge in [0.25, 0.3) is 5.91 Å². The topological polar surface area (TPSA) is 127 Å². The Kier molecular flexibility index (Phi) is 7.50. The lowest BCUT2D eigenvalue weighted by molar-refractivity contribution is 0.0530. The molecule has 3 N–H and O–H groups in total. The highest BCUT2D eigenvalue weighted by Gasteiger charge is 2.44. The first-order valence-electron chi connectivity index (χ1n) is 14.6. The molecule has 41 heavy (non-hydrogen) atoms. The number of amides is 1. The molecule has 6 rings (SSSR count). The minimum Gasteiger partial charge on any atom is -0.395 e. The van der Waals surface area contributed by atoms with Gasteiger partial charge in [-0.25, -0.2) is 13.4 Å². The highest BCUT2D eigenvalue weighted by Crippen LogP contribution is 2.54. The normalized spacial score (nSPS) is 21.6. The fourth-order valence-electron chi connectivity index (χ4n) is 6.33. The summed E-state index contributed by atoms with van der Waals surface area (Å²) < 4.78 is 33.0. The van der Waals surface area contributed by atoms with Crippen LogP contribution in [0.1, 0.15) is 48.7 Å². The first-order chi connectivity index (χ1) is 19.7. The molecule has 4 aliphatic rings. The molecular formula is C29H40N6O5S. The van der Waals surface area contributed by atoms with Crippen LogP contribution in [0.15, 0.2) is 24.3 Å². The van der Waals surface area contributed by atoms with Crippen molar-refractivity contribution in [1.82, 2.24) is 4.98 Å². The molecule has 2 saturated heterocycles. The molecule has 0 unspecified atom stereocenters. The standard InChI is InChI=1S/C29H40N6O5S/c1-20-19-35(13-15-40-20)27-26-21(5-10-33(26)2)17-24(30-27)28(37)31-23-4-3-22(32-41(38,39)16-14-36)18-25(23)34-11-8-29(6-7-29)9-12-34/h3-4,17-18,20,32,36H,5-16,19H2,1-2H3,(H,31,37)/t20-/m0/s1. The summed E-state index contributed by atoms with van der Waals surface area (Å²) in [5, 5.41) is 12.2. The summed E-state index contributed by atoms with van der Waals surface area (Å²) >= 11 is 0. The summed E-state index contributed by atoms with van der Waals surface area (Å²) in [6, 6.07) is 7.07. The SMILES string of the molecule is C[C@H]1CN(c2nc(C(=O)Nc3ccc(NS(=O)(=O)CCO)cc3N3CCC4(CC3)CC4)cc3c2N(C)CC3)CCO1. The number of likely N-dealkylation sites (N-methyl/N-ethyl adjacent to an activating group) is 1. The fourth-order valence-corrected chi connectivity index (χ4v) is 7.16. The van der Waals surface area contributed by atoms with Crippen molar-refractivity contribution in [2.75, 3.05) is 83.5 Å². The Bertz CT molecular complexity index is 1420. The highest BCUT2D eigenvalue weighted by atomic mass is 32.2. The smallest absolute Gasteiger partial charge is 0.274 e. The maximum Gasteiger partial charge on any atom is 0.274 e. The number of anilines is 5. The second kappa shape index (κ2) is 11.0. The molecule has 1 saturated carbocycles. The first kappa shape index (κ1) is 28.0. The number of carbonyl (C=O) groups excluding carboxylic acids is 1. The molecule has 1 aromatic heterocycles. The van der Waals surface area contributed by atoms with Crippen molar-refractivity contribution in [3.63, 3.8) is 0 Å². The van der Waals surface area contributed by atoms with Crippen molar-refractivity contribution >= 4 is 44.5 Å². The van der Waals surface area contributed by atoms with E-state index >= 15 is 0 Å². The van der Waals surface area contributed by atoms with E-state index in [1.165, 1.54) is 12.8 Å². The van der Waals surface area contributed by atoms with Gasteiger partial charge in [-0.15, -0.1) is 0 Å². The van der Waals surface area contributed by atoms with E-state index in [-0.39, 0.29) is 17.8 Å². The minimum absolute atomic E-state index is 0.0839. The largest absolute Gasteiger partial charge is 0.395 e.